The van der Waals surface area contributed by atoms with E-state index in [9.17, 15) is 19.2 Å². The number of terminal acetylenes is 1. The molecule has 0 aliphatic carbocycles. The van der Waals surface area contributed by atoms with Crippen LogP contribution in [-0.2, 0) is 19.2 Å². The van der Waals surface area contributed by atoms with E-state index in [4.69, 9.17) is 12.2 Å². The van der Waals surface area contributed by atoms with E-state index in [0.29, 0.717) is 0 Å². The molecule has 3 amide bonds. The summed E-state index contributed by atoms with van der Waals surface area (Å²) in [6.07, 6.45) is 7.00. The lowest BCUT2D eigenvalue weighted by atomic mass is 9.86. The summed E-state index contributed by atoms with van der Waals surface area (Å²) >= 11 is 0. The van der Waals surface area contributed by atoms with Gasteiger partial charge in [0, 0.05) is 19.5 Å². The lowest BCUT2D eigenvalue weighted by molar-refractivity contribution is -0.144. The Morgan fingerprint density at radius 3 is 2.31 bits per heavy atom. The average Bonchev–Trinajstić information content (AvgIpc) is 2.67. The van der Waals surface area contributed by atoms with Gasteiger partial charge in [-0.3, -0.25) is 19.2 Å². The Morgan fingerprint density at radius 1 is 1.28 bits per heavy atom. The first-order chi connectivity index (χ1) is 13.4. The lowest BCUT2D eigenvalue weighted by Crippen LogP contribution is -2.58. The quantitative estimate of drug-likeness (QED) is 0.260. The van der Waals surface area contributed by atoms with E-state index in [1.165, 1.54) is 11.0 Å². The molecule has 0 bridgehead atoms. The monoisotopic (exact) mass is 406 g/mol. The van der Waals surface area contributed by atoms with Crippen LogP contribution in [0.3, 0.4) is 0 Å². The fourth-order valence-corrected chi connectivity index (χ4v) is 2.51. The SMILES string of the molecule is C#CCCC(NC(=O)[C@H](C)N(CC)C(=O)[C@@H](N)C(C)(C)C)C(=O)C(=O)NCC=C. The van der Waals surface area contributed by atoms with Crippen molar-refractivity contribution in [3.05, 3.63) is 12.7 Å². The third-order valence-electron chi connectivity index (χ3n) is 4.51. The minimum Gasteiger partial charge on any atom is -0.346 e. The summed E-state index contributed by atoms with van der Waals surface area (Å²) in [5, 5.41) is 4.94. The number of likely N-dealkylation sites (N-methyl/N-ethyl adjacent to an activating group) is 1. The topological polar surface area (TPSA) is 122 Å². The van der Waals surface area contributed by atoms with E-state index < -0.39 is 41.1 Å². The molecule has 0 radical (unpaired) electrons. The van der Waals surface area contributed by atoms with Gasteiger partial charge >= 0.3 is 0 Å². The van der Waals surface area contributed by atoms with Crippen molar-refractivity contribution in [1.82, 2.24) is 15.5 Å². The van der Waals surface area contributed by atoms with Crippen LogP contribution in [0.25, 0.3) is 0 Å². The Labute approximate surface area is 173 Å². The van der Waals surface area contributed by atoms with Crippen molar-refractivity contribution in [2.24, 2.45) is 11.1 Å². The van der Waals surface area contributed by atoms with Crippen LogP contribution in [-0.4, -0.2) is 59.6 Å². The number of carbonyl (C=O) groups excluding carboxylic acids is 4. The van der Waals surface area contributed by atoms with Crippen LogP contribution < -0.4 is 16.4 Å². The van der Waals surface area contributed by atoms with Crippen molar-refractivity contribution in [3.63, 3.8) is 0 Å². The fraction of sp³-hybridized carbons (Fsp3) is 0.619. The number of hydrogen-bond donors (Lipinski definition) is 3. The Hall–Kier alpha value is -2.66. The van der Waals surface area contributed by atoms with Crippen molar-refractivity contribution < 1.29 is 19.2 Å². The number of ketones is 1. The summed E-state index contributed by atoms with van der Waals surface area (Å²) in [5.74, 6) is -0.174. The molecule has 8 nitrogen and oxygen atoms in total. The molecule has 0 aliphatic rings. The van der Waals surface area contributed by atoms with Crippen LogP contribution in [0.4, 0.5) is 0 Å². The number of nitrogens with two attached hydrogens (primary N) is 1. The Balaban J connectivity index is 5.37. The van der Waals surface area contributed by atoms with E-state index in [1.54, 1.807) is 13.8 Å². The van der Waals surface area contributed by atoms with Gasteiger partial charge in [-0.15, -0.1) is 18.9 Å². The van der Waals surface area contributed by atoms with Crippen LogP contribution in [0, 0.1) is 17.8 Å². The maximum absolute atomic E-state index is 12.7. The van der Waals surface area contributed by atoms with E-state index >= 15 is 0 Å². The molecule has 0 spiro atoms. The smallest absolute Gasteiger partial charge is 0.289 e. The van der Waals surface area contributed by atoms with E-state index in [0.717, 1.165) is 0 Å². The highest BCUT2D eigenvalue weighted by atomic mass is 16.2. The summed E-state index contributed by atoms with van der Waals surface area (Å²) < 4.78 is 0. The van der Waals surface area contributed by atoms with E-state index in [2.05, 4.69) is 23.1 Å². The van der Waals surface area contributed by atoms with Gasteiger partial charge in [-0.1, -0.05) is 26.8 Å². The van der Waals surface area contributed by atoms with Gasteiger partial charge in [0.25, 0.3) is 5.91 Å². The number of Topliss-reactive ketones (excluding diaryl/α,β-unsaturated/α-hetero) is 1. The van der Waals surface area contributed by atoms with E-state index in [-0.39, 0.29) is 31.8 Å². The highest BCUT2D eigenvalue weighted by Gasteiger charge is 2.35. The van der Waals surface area contributed by atoms with Gasteiger partial charge in [0.15, 0.2) is 0 Å². The summed E-state index contributed by atoms with van der Waals surface area (Å²) in [7, 11) is 0. The summed E-state index contributed by atoms with van der Waals surface area (Å²) in [5.41, 5.74) is 5.57. The number of nitrogens with zero attached hydrogens (tertiary/aromatic N) is 1. The molecule has 0 heterocycles. The van der Waals surface area contributed by atoms with Gasteiger partial charge in [0.2, 0.25) is 17.6 Å². The average molecular weight is 407 g/mol. The van der Waals surface area contributed by atoms with Crippen LogP contribution in [0.2, 0.25) is 0 Å². The maximum atomic E-state index is 12.7. The molecule has 162 valence electrons. The molecule has 0 aromatic carbocycles. The summed E-state index contributed by atoms with van der Waals surface area (Å²) in [6, 6.07) is -2.75. The summed E-state index contributed by atoms with van der Waals surface area (Å²) in [6.45, 7) is 12.7. The molecular formula is C21H34N4O4. The van der Waals surface area contributed by atoms with Crippen molar-refractivity contribution in [2.75, 3.05) is 13.1 Å². The molecule has 0 aliphatic heterocycles. The highest BCUT2D eigenvalue weighted by Crippen LogP contribution is 2.20. The van der Waals surface area contributed by atoms with E-state index in [1.807, 2.05) is 20.8 Å². The molecule has 0 saturated heterocycles. The minimum atomic E-state index is -1.09. The van der Waals surface area contributed by atoms with Crippen molar-refractivity contribution in [1.29, 1.82) is 0 Å². The zero-order valence-corrected chi connectivity index (χ0v) is 18.1. The minimum absolute atomic E-state index is 0.108. The first-order valence-corrected chi connectivity index (χ1v) is 9.65. The van der Waals surface area contributed by atoms with Gasteiger partial charge in [-0.25, -0.2) is 0 Å². The van der Waals surface area contributed by atoms with Gasteiger partial charge < -0.3 is 21.3 Å². The zero-order valence-electron chi connectivity index (χ0n) is 18.1. The molecular weight excluding hydrogens is 372 g/mol. The predicted octanol–water partition coefficient (Wildman–Crippen LogP) is 0.366. The van der Waals surface area contributed by atoms with Gasteiger partial charge in [-0.2, -0.15) is 0 Å². The molecule has 3 atom stereocenters. The second kappa shape index (κ2) is 12.0. The lowest BCUT2D eigenvalue weighted by Gasteiger charge is -2.34. The van der Waals surface area contributed by atoms with Gasteiger partial charge in [0.05, 0.1) is 12.1 Å². The van der Waals surface area contributed by atoms with Crippen LogP contribution in [0.15, 0.2) is 12.7 Å². The van der Waals surface area contributed by atoms with Crippen LogP contribution in [0.5, 0.6) is 0 Å². The number of carbonyl (C=O) groups is 4. The molecule has 4 N–H and O–H groups in total. The molecule has 0 rings (SSSR count). The molecule has 0 aromatic heterocycles. The largest absolute Gasteiger partial charge is 0.346 e. The molecule has 1 unspecified atom stereocenters. The first-order valence-electron chi connectivity index (χ1n) is 9.65. The number of rotatable bonds is 11. The Kier molecular flexibility index (Phi) is 10.9. The third-order valence-corrected chi connectivity index (χ3v) is 4.51. The zero-order chi connectivity index (χ0) is 22.8. The highest BCUT2D eigenvalue weighted by molar-refractivity contribution is 6.38. The fourth-order valence-electron chi connectivity index (χ4n) is 2.51. The molecule has 29 heavy (non-hydrogen) atoms. The van der Waals surface area contributed by atoms with Crippen molar-refractivity contribution >= 4 is 23.5 Å². The Morgan fingerprint density at radius 2 is 1.86 bits per heavy atom. The molecule has 0 saturated carbocycles. The van der Waals surface area contributed by atoms with Gasteiger partial charge in [0.1, 0.15) is 6.04 Å². The van der Waals surface area contributed by atoms with Crippen LogP contribution >= 0.6 is 0 Å². The van der Waals surface area contributed by atoms with Crippen molar-refractivity contribution in [3.8, 4) is 12.3 Å². The molecule has 0 aromatic rings. The third kappa shape index (κ3) is 8.08. The standard InChI is InChI=1S/C21H34N4O4/c1-8-11-12-15(16(26)19(28)23-13-9-2)24-18(27)14(4)25(10-3)20(29)17(22)21(5,6)7/h1,9,14-15,17H,2,10-13,22H2,3-7H3,(H,23,28)(H,24,27)/t14-,15?,17+/m0/s1. The number of nitrogens with one attached hydrogen (secondary N) is 2. The van der Waals surface area contributed by atoms with Gasteiger partial charge in [-0.05, 0) is 25.7 Å². The molecule has 0 fully saturated rings. The number of hydrogen-bond acceptors (Lipinski definition) is 5. The number of amides is 3. The Bertz CT molecular complexity index is 661. The predicted molar refractivity (Wildman–Crippen MR) is 112 cm³/mol. The normalized spacial score (nSPS) is 14.0. The van der Waals surface area contributed by atoms with Crippen molar-refractivity contribution in [2.45, 2.75) is 65.6 Å². The molecule has 8 heteroatoms. The summed E-state index contributed by atoms with van der Waals surface area (Å²) in [4.78, 5) is 51.2. The second-order valence-electron chi connectivity index (χ2n) is 7.81. The maximum Gasteiger partial charge on any atom is 0.289 e. The first kappa shape index (κ1) is 26.3. The second-order valence-corrected chi connectivity index (χ2v) is 7.81. The van der Waals surface area contributed by atoms with Crippen LogP contribution in [0.1, 0.15) is 47.5 Å².